The second kappa shape index (κ2) is 4.89. The van der Waals surface area contributed by atoms with Crippen molar-refractivity contribution in [1.29, 1.82) is 0 Å². The molecule has 2 rings (SSSR count). The zero-order chi connectivity index (χ0) is 12.4. The molecule has 17 heavy (non-hydrogen) atoms. The van der Waals surface area contributed by atoms with Crippen molar-refractivity contribution in [3.05, 3.63) is 45.5 Å². The van der Waals surface area contributed by atoms with Crippen LogP contribution in [0, 0.1) is 6.92 Å². The van der Waals surface area contributed by atoms with E-state index in [-0.39, 0.29) is 11.1 Å². The quantitative estimate of drug-likeness (QED) is 0.861. The topological polar surface area (TPSA) is 55.1 Å². The van der Waals surface area contributed by atoms with E-state index in [9.17, 15) is 4.79 Å². The van der Waals surface area contributed by atoms with Crippen LogP contribution in [0.25, 0.3) is 0 Å². The molecule has 0 radical (unpaired) electrons. The van der Waals surface area contributed by atoms with Crippen LogP contribution in [0.1, 0.15) is 16.1 Å². The monoisotopic (exact) mass is 314 g/mol. The average Bonchev–Trinajstić information content (AvgIpc) is 2.68. The molecular formula is C11H8BrClN2O2. The van der Waals surface area contributed by atoms with Gasteiger partial charge in [0.05, 0.1) is 23.2 Å². The molecule has 0 aromatic carbocycles. The van der Waals surface area contributed by atoms with Gasteiger partial charge in [0.1, 0.15) is 4.60 Å². The van der Waals surface area contributed by atoms with E-state index in [1.165, 1.54) is 12.3 Å². The molecule has 0 aliphatic carbocycles. The number of rotatable bonds is 2. The van der Waals surface area contributed by atoms with E-state index < -0.39 is 0 Å². The highest BCUT2D eigenvalue weighted by molar-refractivity contribution is 9.10. The third-order valence-corrected chi connectivity index (χ3v) is 2.90. The van der Waals surface area contributed by atoms with Crippen molar-refractivity contribution >= 4 is 39.1 Å². The van der Waals surface area contributed by atoms with Crippen molar-refractivity contribution < 1.29 is 9.21 Å². The lowest BCUT2D eigenvalue weighted by molar-refractivity contribution is 0.102. The summed E-state index contributed by atoms with van der Waals surface area (Å²) in [7, 11) is 0. The van der Waals surface area contributed by atoms with Gasteiger partial charge in [0, 0.05) is 0 Å². The maximum Gasteiger partial charge on any atom is 0.260 e. The molecule has 0 spiro atoms. The Kier molecular flexibility index (Phi) is 3.49. The largest absolute Gasteiger partial charge is 0.452 e. The van der Waals surface area contributed by atoms with E-state index in [4.69, 9.17) is 16.0 Å². The molecule has 0 bridgehead atoms. The number of hydrogen-bond donors (Lipinski definition) is 1. The van der Waals surface area contributed by atoms with Crippen molar-refractivity contribution in [3.8, 4) is 0 Å². The van der Waals surface area contributed by atoms with Crippen molar-refractivity contribution in [2.24, 2.45) is 0 Å². The van der Waals surface area contributed by atoms with Crippen LogP contribution in [-0.4, -0.2) is 10.9 Å². The molecule has 2 aromatic rings. The zero-order valence-electron chi connectivity index (χ0n) is 8.83. The second-order valence-corrected chi connectivity index (χ2v) is 4.48. The van der Waals surface area contributed by atoms with Gasteiger partial charge < -0.3 is 9.73 Å². The van der Waals surface area contributed by atoms with Crippen LogP contribution in [0.4, 0.5) is 5.69 Å². The van der Waals surface area contributed by atoms with Gasteiger partial charge in [-0.2, -0.15) is 0 Å². The third-order valence-electron chi connectivity index (χ3n) is 2.16. The second-order valence-electron chi connectivity index (χ2n) is 3.33. The van der Waals surface area contributed by atoms with Crippen molar-refractivity contribution in [2.45, 2.75) is 6.92 Å². The molecule has 1 amide bonds. The van der Waals surface area contributed by atoms with Crippen LogP contribution in [0.15, 0.2) is 33.5 Å². The van der Waals surface area contributed by atoms with Gasteiger partial charge in [-0.25, -0.2) is 4.98 Å². The molecule has 0 atom stereocenters. The summed E-state index contributed by atoms with van der Waals surface area (Å²) >= 11 is 8.97. The minimum Gasteiger partial charge on any atom is -0.452 e. The summed E-state index contributed by atoms with van der Waals surface area (Å²) in [6, 6.07) is 5.02. The first-order chi connectivity index (χ1) is 8.08. The van der Waals surface area contributed by atoms with Crippen LogP contribution >= 0.6 is 27.5 Å². The molecule has 88 valence electrons. The zero-order valence-corrected chi connectivity index (χ0v) is 11.2. The number of carbonyl (C=O) groups excluding carboxylic acids is 1. The highest BCUT2D eigenvalue weighted by atomic mass is 79.9. The van der Waals surface area contributed by atoms with Crippen LogP contribution in [-0.2, 0) is 0 Å². The van der Waals surface area contributed by atoms with Crippen LogP contribution in [0.3, 0.4) is 0 Å². The van der Waals surface area contributed by atoms with E-state index in [0.717, 1.165) is 0 Å². The van der Waals surface area contributed by atoms with E-state index in [2.05, 4.69) is 26.2 Å². The summed E-state index contributed by atoms with van der Waals surface area (Å²) in [5.74, 6) is -0.323. The fraction of sp³-hybridized carbons (Fsp3) is 0.0909. The predicted molar refractivity (Wildman–Crippen MR) is 68.3 cm³/mol. The van der Waals surface area contributed by atoms with Gasteiger partial charge in [-0.3, -0.25) is 4.79 Å². The maximum atomic E-state index is 11.8. The van der Waals surface area contributed by atoms with Crippen molar-refractivity contribution in [2.75, 3.05) is 5.32 Å². The molecule has 6 heteroatoms. The number of hydrogen-bond acceptors (Lipinski definition) is 3. The average molecular weight is 316 g/mol. The molecule has 0 fully saturated rings. The molecule has 0 unspecified atom stereocenters. The first-order valence-corrected chi connectivity index (χ1v) is 5.92. The van der Waals surface area contributed by atoms with Gasteiger partial charge in [-0.1, -0.05) is 0 Å². The normalized spacial score (nSPS) is 10.3. The van der Waals surface area contributed by atoms with Gasteiger partial charge in [-0.05, 0) is 52.7 Å². The Balaban J connectivity index is 2.22. The molecule has 0 aliphatic rings. The Morgan fingerprint density at radius 1 is 1.47 bits per heavy atom. The molecule has 0 saturated heterocycles. The number of nitrogens with zero attached hydrogens (tertiary/aromatic N) is 1. The summed E-state index contributed by atoms with van der Waals surface area (Å²) < 4.78 is 5.57. The lowest BCUT2D eigenvalue weighted by atomic mass is 10.2. The Hall–Kier alpha value is -1.33. The minimum atomic E-state index is -0.323. The van der Waals surface area contributed by atoms with Crippen LogP contribution in [0.5, 0.6) is 0 Å². The number of pyridine rings is 1. The van der Waals surface area contributed by atoms with Crippen LogP contribution < -0.4 is 5.32 Å². The highest BCUT2D eigenvalue weighted by Crippen LogP contribution is 2.20. The smallest absolute Gasteiger partial charge is 0.260 e. The number of aromatic nitrogens is 1. The first-order valence-electron chi connectivity index (χ1n) is 4.75. The highest BCUT2D eigenvalue weighted by Gasteiger charge is 2.14. The number of nitrogens with one attached hydrogen (secondary N) is 1. The van der Waals surface area contributed by atoms with E-state index >= 15 is 0 Å². The first kappa shape index (κ1) is 12.1. The molecule has 4 nitrogen and oxygen atoms in total. The van der Waals surface area contributed by atoms with Gasteiger partial charge in [0.2, 0.25) is 5.22 Å². The predicted octanol–water partition coefficient (Wildman–Crippen LogP) is 3.65. The molecule has 2 aromatic heterocycles. The lowest BCUT2D eigenvalue weighted by Crippen LogP contribution is -2.12. The Morgan fingerprint density at radius 3 is 2.82 bits per heavy atom. The number of furan rings is 1. The van der Waals surface area contributed by atoms with Crippen LogP contribution in [0.2, 0.25) is 5.22 Å². The molecule has 0 aliphatic heterocycles. The summed E-state index contributed by atoms with van der Waals surface area (Å²) in [5.41, 5.74) is 1.65. The molecule has 1 N–H and O–H groups in total. The standard InChI is InChI=1S/C11H8BrClN2O2/c1-6-8(2-3-9(12)14-6)15-11(16)7-4-5-17-10(7)13/h2-5H,1H3,(H,15,16). The van der Waals surface area contributed by atoms with Crippen molar-refractivity contribution in [1.82, 2.24) is 4.98 Å². The minimum absolute atomic E-state index is 0.0743. The summed E-state index contributed by atoms with van der Waals surface area (Å²) in [4.78, 5) is 16.0. The summed E-state index contributed by atoms with van der Waals surface area (Å²) in [6.45, 7) is 1.80. The maximum absolute atomic E-state index is 11.8. The van der Waals surface area contributed by atoms with Crippen molar-refractivity contribution in [3.63, 3.8) is 0 Å². The Bertz CT molecular complexity index is 568. The fourth-order valence-electron chi connectivity index (χ4n) is 1.31. The number of amides is 1. The lowest BCUT2D eigenvalue weighted by Gasteiger charge is -2.06. The van der Waals surface area contributed by atoms with E-state index in [1.54, 1.807) is 19.1 Å². The summed E-state index contributed by atoms with van der Waals surface area (Å²) in [6.07, 6.45) is 1.37. The number of anilines is 1. The third kappa shape index (κ3) is 2.68. The van der Waals surface area contributed by atoms with Gasteiger partial charge in [0.15, 0.2) is 0 Å². The molecular weight excluding hydrogens is 307 g/mol. The van der Waals surface area contributed by atoms with Gasteiger partial charge >= 0.3 is 0 Å². The number of carbonyl (C=O) groups is 1. The number of aryl methyl sites for hydroxylation is 1. The fourth-order valence-corrected chi connectivity index (χ4v) is 1.91. The van der Waals surface area contributed by atoms with Gasteiger partial charge in [0.25, 0.3) is 5.91 Å². The summed E-state index contributed by atoms with van der Waals surface area (Å²) in [5, 5.41) is 2.79. The number of halogens is 2. The Labute approximate surface area is 111 Å². The molecule has 2 heterocycles. The molecule has 0 saturated carbocycles. The SMILES string of the molecule is Cc1nc(Br)ccc1NC(=O)c1ccoc1Cl. The van der Waals surface area contributed by atoms with Gasteiger partial charge in [-0.15, -0.1) is 0 Å². The Morgan fingerprint density at radius 2 is 2.24 bits per heavy atom. The van der Waals surface area contributed by atoms with E-state index in [0.29, 0.717) is 21.5 Å². The van der Waals surface area contributed by atoms with E-state index in [1.807, 2.05) is 0 Å².